The fourth-order valence-electron chi connectivity index (χ4n) is 2.04. The molecule has 4 heteroatoms. The lowest BCUT2D eigenvalue weighted by molar-refractivity contribution is 0.551. The lowest BCUT2D eigenvalue weighted by atomic mass is 10.1. The largest absolute Gasteiger partial charge is 0.358 e. The average molecular weight is 298 g/mol. The molecule has 0 aliphatic rings. The van der Waals surface area contributed by atoms with Crippen molar-refractivity contribution < 1.29 is 0 Å². The van der Waals surface area contributed by atoms with E-state index in [4.69, 9.17) is 11.6 Å². The molecule has 1 aromatic heterocycles. The standard InChI is InChI=1S/C16H28ClN3/c1-6-13(4)11-20(5)16-15(17)7-14(10-19-16)9-18-8-12(2)3/h7,10,12-13,18H,6,8-9,11H2,1-5H3. The second kappa shape index (κ2) is 8.48. The SMILES string of the molecule is CCC(C)CN(C)c1ncc(CNCC(C)C)cc1Cl. The first kappa shape index (κ1) is 17.3. The van der Waals surface area contributed by atoms with Gasteiger partial charge in [0.15, 0.2) is 0 Å². The van der Waals surface area contributed by atoms with Gasteiger partial charge in [0.25, 0.3) is 0 Å². The normalized spacial score (nSPS) is 12.8. The number of nitrogens with zero attached hydrogens (tertiary/aromatic N) is 2. The average Bonchev–Trinajstić information content (AvgIpc) is 2.38. The zero-order valence-electron chi connectivity index (χ0n) is 13.4. The highest BCUT2D eigenvalue weighted by molar-refractivity contribution is 6.33. The molecule has 0 radical (unpaired) electrons. The lowest BCUT2D eigenvalue weighted by Crippen LogP contribution is -2.25. The highest BCUT2D eigenvalue weighted by Crippen LogP contribution is 2.24. The third-order valence-electron chi connectivity index (χ3n) is 3.40. The molecule has 0 aliphatic heterocycles. The molecule has 1 N–H and O–H groups in total. The molecule has 1 aromatic rings. The van der Waals surface area contributed by atoms with Gasteiger partial charge in [-0.2, -0.15) is 0 Å². The molecule has 114 valence electrons. The summed E-state index contributed by atoms with van der Waals surface area (Å²) in [6.45, 7) is 11.7. The number of rotatable bonds is 8. The number of pyridine rings is 1. The number of halogens is 1. The first-order chi connectivity index (χ1) is 9.43. The summed E-state index contributed by atoms with van der Waals surface area (Å²) in [4.78, 5) is 6.66. The Hall–Kier alpha value is -0.800. The van der Waals surface area contributed by atoms with E-state index in [0.29, 0.717) is 11.8 Å². The van der Waals surface area contributed by atoms with Crippen molar-refractivity contribution in [2.75, 3.05) is 25.0 Å². The number of nitrogens with one attached hydrogen (secondary N) is 1. The molecule has 1 rings (SSSR count). The fraction of sp³-hybridized carbons (Fsp3) is 0.688. The number of aromatic nitrogens is 1. The van der Waals surface area contributed by atoms with E-state index in [1.54, 1.807) is 0 Å². The van der Waals surface area contributed by atoms with Crippen molar-refractivity contribution in [3.63, 3.8) is 0 Å². The molecule has 0 bridgehead atoms. The smallest absolute Gasteiger partial charge is 0.147 e. The van der Waals surface area contributed by atoms with Crippen molar-refractivity contribution in [3.05, 3.63) is 22.8 Å². The summed E-state index contributed by atoms with van der Waals surface area (Å²) in [6.07, 6.45) is 3.08. The summed E-state index contributed by atoms with van der Waals surface area (Å²) in [5, 5.41) is 4.14. The molecule has 0 saturated heterocycles. The highest BCUT2D eigenvalue weighted by atomic mass is 35.5. The van der Waals surface area contributed by atoms with Crippen LogP contribution in [0, 0.1) is 11.8 Å². The van der Waals surface area contributed by atoms with Crippen molar-refractivity contribution in [2.45, 2.75) is 40.7 Å². The van der Waals surface area contributed by atoms with Crippen LogP contribution in [0.2, 0.25) is 5.02 Å². The van der Waals surface area contributed by atoms with Gasteiger partial charge in [-0.25, -0.2) is 4.98 Å². The van der Waals surface area contributed by atoms with Crippen LogP contribution in [-0.2, 0) is 6.54 Å². The van der Waals surface area contributed by atoms with Gasteiger partial charge in [-0.15, -0.1) is 0 Å². The Morgan fingerprint density at radius 3 is 2.60 bits per heavy atom. The van der Waals surface area contributed by atoms with Gasteiger partial charge in [-0.1, -0.05) is 45.7 Å². The van der Waals surface area contributed by atoms with Crippen molar-refractivity contribution in [1.82, 2.24) is 10.3 Å². The quantitative estimate of drug-likeness (QED) is 0.787. The van der Waals surface area contributed by atoms with E-state index in [1.165, 1.54) is 6.42 Å². The number of hydrogen-bond donors (Lipinski definition) is 1. The van der Waals surface area contributed by atoms with Crippen molar-refractivity contribution in [2.24, 2.45) is 11.8 Å². The third kappa shape index (κ3) is 5.68. The summed E-state index contributed by atoms with van der Waals surface area (Å²) < 4.78 is 0. The summed E-state index contributed by atoms with van der Waals surface area (Å²) in [5.74, 6) is 2.17. The highest BCUT2D eigenvalue weighted by Gasteiger charge is 2.11. The van der Waals surface area contributed by atoms with Crippen LogP contribution in [0.4, 0.5) is 5.82 Å². The lowest BCUT2D eigenvalue weighted by Gasteiger charge is -2.23. The van der Waals surface area contributed by atoms with Gasteiger partial charge < -0.3 is 10.2 Å². The van der Waals surface area contributed by atoms with E-state index in [9.17, 15) is 0 Å². The molecule has 20 heavy (non-hydrogen) atoms. The number of anilines is 1. The molecule has 1 unspecified atom stereocenters. The van der Waals surface area contributed by atoms with Gasteiger partial charge in [-0.05, 0) is 30.0 Å². The third-order valence-corrected chi connectivity index (χ3v) is 3.68. The summed E-state index contributed by atoms with van der Waals surface area (Å²) in [5.41, 5.74) is 1.14. The van der Waals surface area contributed by atoms with Crippen LogP contribution in [0.15, 0.2) is 12.3 Å². The Morgan fingerprint density at radius 1 is 1.35 bits per heavy atom. The Bertz CT molecular complexity index is 407. The zero-order chi connectivity index (χ0) is 15.1. The minimum atomic E-state index is 0.644. The van der Waals surface area contributed by atoms with Crippen LogP contribution in [-0.4, -0.2) is 25.1 Å². The summed E-state index contributed by atoms with van der Waals surface area (Å²) in [6, 6.07) is 2.02. The van der Waals surface area contributed by atoms with E-state index >= 15 is 0 Å². The van der Waals surface area contributed by atoms with Gasteiger partial charge in [0.2, 0.25) is 0 Å². The molecule has 0 amide bonds. The van der Waals surface area contributed by atoms with Crippen molar-refractivity contribution >= 4 is 17.4 Å². The fourth-order valence-corrected chi connectivity index (χ4v) is 2.37. The molecule has 0 aromatic carbocycles. The molecular weight excluding hydrogens is 270 g/mol. The van der Waals surface area contributed by atoms with Crippen LogP contribution < -0.4 is 10.2 Å². The molecule has 1 atom stereocenters. The van der Waals surface area contributed by atoms with Crippen LogP contribution in [0.1, 0.15) is 39.7 Å². The first-order valence-electron chi connectivity index (χ1n) is 7.50. The maximum absolute atomic E-state index is 6.36. The Kier molecular flexibility index (Phi) is 7.31. The minimum Gasteiger partial charge on any atom is -0.358 e. The predicted molar refractivity (Wildman–Crippen MR) is 88.5 cm³/mol. The van der Waals surface area contributed by atoms with Crippen molar-refractivity contribution in [3.8, 4) is 0 Å². The van der Waals surface area contributed by atoms with Crippen LogP contribution in [0.3, 0.4) is 0 Å². The van der Waals surface area contributed by atoms with Gasteiger partial charge >= 0.3 is 0 Å². The van der Waals surface area contributed by atoms with Crippen LogP contribution in [0.5, 0.6) is 0 Å². The summed E-state index contributed by atoms with van der Waals surface area (Å²) in [7, 11) is 2.05. The van der Waals surface area contributed by atoms with Gasteiger partial charge in [0, 0.05) is 26.3 Å². The maximum Gasteiger partial charge on any atom is 0.147 e. The topological polar surface area (TPSA) is 28.2 Å². The molecular formula is C16H28ClN3. The molecule has 1 heterocycles. The minimum absolute atomic E-state index is 0.644. The Balaban J connectivity index is 2.63. The second-order valence-electron chi connectivity index (χ2n) is 6.07. The molecule has 0 fully saturated rings. The molecule has 0 aliphatic carbocycles. The Labute approximate surface area is 128 Å². The Morgan fingerprint density at radius 2 is 2.05 bits per heavy atom. The first-order valence-corrected chi connectivity index (χ1v) is 7.88. The van der Waals surface area contributed by atoms with E-state index < -0.39 is 0 Å². The van der Waals surface area contributed by atoms with Gasteiger partial charge in [0.05, 0.1) is 5.02 Å². The van der Waals surface area contributed by atoms with Gasteiger partial charge in [0.1, 0.15) is 5.82 Å². The summed E-state index contributed by atoms with van der Waals surface area (Å²) >= 11 is 6.36. The molecule has 0 spiro atoms. The monoisotopic (exact) mass is 297 g/mol. The van der Waals surface area contributed by atoms with E-state index in [-0.39, 0.29) is 0 Å². The molecule has 3 nitrogen and oxygen atoms in total. The zero-order valence-corrected chi connectivity index (χ0v) is 14.2. The van der Waals surface area contributed by atoms with E-state index in [0.717, 1.165) is 36.0 Å². The maximum atomic E-state index is 6.36. The predicted octanol–water partition coefficient (Wildman–Crippen LogP) is 3.96. The van der Waals surface area contributed by atoms with Crippen LogP contribution >= 0.6 is 11.6 Å². The van der Waals surface area contributed by atoms with Crippen molar-refractivity contribution in [1.29, 1.82) is 0 Å². The van der Waals surface area contributed by atoms with Crippen LogP contribution in [0.25, 0.3) is 0 Å². The second-order valence-corrected chi connectivity index (χ2v) is 6.47. The number of hydrogen-bond acceptors (Lipinski definition) is 3. The van der Waals surface area contributed by atoms with Gasteiger partial charge in [-0.3, -0.25) is 0 Å². The van der Waals surface area contributed by atoms with E-state index in [1.807, 2.05) is 12.3 Å². The van der Waals surface area contributed by atoms with E-state index in [2.05, 4.69) is 49.9 Å². The molecule has 0 saturated carbocycles.